The third-order valence-electron chi connectivity index (χ3n) is 3.24. The lowest BCUT2D eigenvalue weighted by atomic mass is 10.2. The van der Waals surface area contributed by atoms with Crippen LogP contribution in [0.3, 0.4) is 0 Å². The number of carbonyl (C=O) groups is 1. The van der Waals surface area contributed by atoms with Gasteiger partial charge in [0.25, 0.3) is 5.91 Å². The molecule has 1 fully saturated rings. The molecule has 104 valence electrons. The summed E-state index contributed by atoms with van der Waals surface area (Å²) in [4.78, 5) is 16.6. The van der Waals surface area contributed by atoms with Crippen molar-refractivity contribution in [3.05, 3.63) is 33.8 Å². The molecule has 0 aromatic heterocycles. The van der Waals surface area contributed by atoms with Gasteiger partial charge < -0.3 is 4.90 Å². The van der Waals surface area contributed by atoms with Gasteiger partial charge in [-0.1, -0.05) is 45.2 Å². The number of halogens is 3. The number of nitrogens with zero attached hydrogens (tertiary/aromatic N) is 2. The van der Waals surface area contributed by atoms with Crippen LogP contribution in [0.1, 0.15) is 10.4 Å². The minimum absolute atomic E-state index is 0.0361. The van der Waals surface area contributed by atoms with E-state index in [2.05, 4.69) is 20.8 Å². The number of hydrogen-bond donors (Lipinski definition) is 0. The van der Waals surface area contributed by atoms with Crippen molar-refractivity contribution in [2.45, 2.75) is 0 Å². The van der Waals surface area contributed by atoms with E-state index >= 15 is 0 Å². The Labute approximate surface area is 131 Å². The molecule has 0 aliphatic carbocycles. The average molecular weight is 366 g/mol. The predicted octanol–water partition coefficient (Wildman–Crippen LogP) is 3.15. The lowest BCUT2D eigenvalue weighted by Crippen LogP contribution is -2.49. The summed E-state index contributed by atoms with van der Waals surface area (Å²) in [5, 5.41) is 1.73. The maximum Gasteiger partial charge on any atom is 0.255 e. The van der Waals surface area contributed by atoms with Crippen LogP contribution in [0.15, 0.2) is 18.2 Å². The molecule has 0 radical (unpaired) electrons. The van der Waals surface area contributed by atoms with E-state index in [9.17, 15) is 4.79 Å². The molecular weight excluding hydrogens is 351 g/mol. The van der Waals surface area contributed by atoms with Crippen LogP contribution in [0.5, 0.6) is 0 Å². The second-order valence-corrected chi connectivity index (χ2v) is 6.00. The van der Waals surface area contributed by atoms with E-state index in [-0.39, 0.29) is 5.91 Å². The Balaban J connectivity index is 2.03. The third kappa shape index (κ3) is 3.63. The van der Waals surface area contributed by atoms with Gasteiger partial charge in [0.15, 0.2) is 0 Å². The van der Waals surface area contributed by atoms with Gasteiger partial charge in [-0.05, 0) is 12.1 Å². The summed E-state index contributed by atoms with van der Waals surface area (Å²) >= 11 is 15.5. The molecular formula is C13H15BrCl2N2O. The molecule has 0 unspecified atom stereocenters. The van der Waals surface area contributed by atoms with Crippen LogP contribution in [0.2, 0.25) is 10.0 Å². The Morgan fingerprint density at radius 2 is 1.89 bits per heavy atom. The zero-order valence-corrected chi connectivity index (χ0v) is 13.5. The van der Waals surface area contributed by atoms with Gasteiger partial charge in [-0.25, -0.2) is 0 Å². The van der Waals surface area contributed by atoms with E-state index in [0.717, 1.165) is 38.1 Å². The molecule has 1 saturated heterocycles. The lowest BCUT2D eigenvalue weighted by Gasteiger charge is -2.34. The van der Waals surface area contributed by atoms with Crippen molar-refractivity contribution in [2.75, 3.05) is 38.1 Å². The number of benzene rings is 1. The number of amides is 1. The first-order valence-electron chi connectivity index (χ1n) is 6.15. The van der Waals surface area contributed by atoms with Gasteiger partial charge in [-0.2, -0.15) is 0 Å². The number of rotatable bonds is 3. The van der Waals surface area contributed by atoms with E-state index in [1.165, 1.54) is 0 Å². The quantitative estimate of drug-likeness (QED) is 0.768. The SMILES string of the molecule is O=C(c1cccc(Cl)c1Cl)N1CCN(CCBr)CC1. The Kier molecular flexibility index (Phi) is 5.51. The van der Waals surface area contributed by atoms with Gasteiger partial charge in [0, 0.05) is 38.1 Å². The van der Waals surface area contributed by atoms with Gasteiger partial charge in [0.1, 0.15) is 0 Å². The molecule has 0 N–H and O–H groups in total. The minimum atomic E-state index is -0.0361. The highest BCUT2D eigenvalue weighted by atomic mass is 79.9. The highest BCUT2D eigenvalue weighted by molar-refractivity contribution is 9.09. The van der Waals surface area contributed by atoms with Crippen molar-refractivity contribution in [1.29, 1.82) is 0 Å². The molecule has 3 nitrogen and oxygen atoms in total. The van der Waals surface area contributed by atoms with Gasteiger partial charge >= 0.3 is 0 Å². The van der Waals surface area contributed by atoms with Crippen molar-refractivity contribution in [2.24, 2.45) is 0 Å². The van der Waals surface area contributed by atoms with Crippen LogP contribution in [0.4, 0.5) is 0 Å². The molecule has 1 aliphatic rings. The molecule has 0 saturated carbocycles. The Morgan fingerprint density at radius 3 is 2.53 bits per heavy atom. The fraction of sp³-hybridized carbons (Fsp3) is 0.462. The first kappa shape index (κ1) is 15.1. The first-order chi connectivity index (χ1) is 9.13. The normalized spacial score (nSPS) is 16.7. The first-order valence-corrected chi connectivity index (χ1v) is 8.03. The molecule has 1 aromatic carbocycles. The largest absolute Gasteiger partial charge is 0.336 e. The van der Waals surface area contributed by atoms with E-state index in [1.807, 2.05) is 4.90 Å². The summed E-state index contributed by atoms with van der Waals surface area (Å²) in [5.74, 6) is -0.0361. The van der Waals surface area contributed by atoms with Gasteiger partial charge in [-0.3, -0.25) is 9.69 Å². The number of piperazine rings is 1. The zero-order chi connectivity index (χ0) is 13.8. The number of hydrogen-bond acceptors (Lipinski definition) is 2. The predicted molar refractivity (Wildman–Crippen MR) is 82.6 cm³/mol. The topological polar surface area (TPSA) is 23.6 Å². The van der Waals surface area contributed by atoms with Gasteiger partial charge in [-0.15, -0.1) is 0 Å². The van der Waals surface area contributed by atoms with Gasteiger partial charge in [0.2, 0.25) is 0 Å². The van der Waals surface area contributed by atoms with Crippen LogP contribution >= 0.6 is 39.1 Å². The molecule has 1 amide bonds. The second kappa shape index (κ2) is 6.93. The highest BCUT2D eigenvalue weighted by Gasteiger charge is 2.23. The Bertz CT molecular complexity index is 462. The molecule has 1 aromatic rings. The number of alkyl halides is 1. The molecule has 1 aliphatic heterocycles. The van der Waals surface area contributed by atoms with Crippen LogP contribution < -0.4 is 0 Å². The molecule has 0 bridgehead atoms. The van der Waals surface area contributed by atoms with Crippen molar-refractivity contribution in [1.82, 2.24) is 9.80 Å². The average Bonchev–Trinajstić information content (AvgIpc) is 2.42. The summed E-state index contributed by atoms with van der Waals surface area (Å²) in [6, 6.07) is 5.17. The van der Waals surface area contributed by atoms with Crippen LogP contribution in [0.25, 0.3) is 0 Å². The summed E-state index contributed by atoms with van der Waals surface area (Å²) < 4.78 is 0. The van der Waals surface area contributed by atoms with Crippen LogP contribution in [0, 0.1) is 0 Å². The van der Waals surface area contributed by atoms with Gasteiger partial charge in [0.05, 0.1) is 15.6 Å². The Hall–Kier alpha value is -0.290. The monoisotopic (exact) mass is 364 g/mol. The van der Waals surface area contributed by atoms with E-state index < -0.39 is 0 Å². The van der Waals surface area contributed by atoms with E-state index in [1.54, 1.807) is 18.2 Å². The molecule has 6 heteroatoms. The maximum absolute atomic E-state index is 12.4. The van der Waals surface area contributed by atoms with Crippen molar-refractivity contribution < 1.29 is 4.79 Å². The van der Waals surface area contributed by atoms with Crippen molar-refractivity contribution in [3.8, 4) is 0 Å². The smallest absolute Gasteiger partial charge is 0.255 e. The second-order valence-electron chi connectivity index (χ2n) is 4.42. The van der Waals surface area contributed by atoms with E-state index in [4.69, 9.17) is 23.2 Å². The molecule has 0 spiro atoms. The number of carbonyl (C=O) groups excluding carboxylic acids is 1. The van der Waals surface area contributed by atoms with Crippen molar-refractivity contribution in [3.63, 3.8) is 0 Å². The standard InChI is InChI=1S/C13H15BrCl2N2O/c14-4-5-17-6-8-18(9-7-17)13(19)10-2-1-3-11(15)12(10)16/h1-3H,4-9H2. The molecule has 19 heavy (non-hydrogen) atoms. The molecule has 2 rings (SSSR count). The zero-order valence-electron chi connectivity index (χ0n) is 10.4. The maximum atomic E-state index is 12.4. The molecule has 1 heterocycles. The van der Waals surface area contributed by atoms with Crippen LogP contribution in [-0.2, 0) is 0 Å². The summed E-state index contributed by atoms with van der Waals surface area (Å²) in [5.41, 5.74) is 0.489. The van der Waals surface area contributed by atoms with Crippen molar-refractivity contribution >= 4 is 45.0 Å². The summed E-state index contributed by atoms with van der Waals surface area (Å²) in [7, 11) is 0. The fourth-order valence-corrected chi connectivity index (χ4v) is 3.02. The third-order valence-corrected chi connectivity index (χ3v) is 4.42. The fourth-order valence-electron chi connectivity index (χ4n) is 2.13. The minimum Gasteiger partial charge on any atom is -0.336 e. The van der Waals surface area contributed by atoms with Crippen LogP contribution in [-0.4, -0.2) is 53.8 Å². The summed E-state index contributed by atoms with van der Waals surface area (Å²) in [6.45, 7) is 4.27. The summed E-state index contributed by atoms with van der Waals surface area (Å²) in [6.07, 6.45) is 0. The highest BCUT2D eigenvalue weighted by Crippen LogP contribution is 2.26. The Morgan fingerprint density at radius 1 is 1.21 bits per heavy atom. The molecule has 0 atom stereocenters. The lowest BCUT2D eigenvalue weighted by molar-refractivity contribution is 0.0645. The van der Waals surface area contributed by atoms with E-state index in [0.29, 0.717) is 15.6 Å².